The summed E-state index contributed by atoms with van der Waals surface area (Å²) in [5.41, 5.74) is 0. The zero-order valence-corrected chi connectivity index (χ0v) is 14.5. The number of hydrogen-bond donors (Lipinski definition) is 1. The summed E-state index contributed by atoms with van der Waals surface area (Å²) < 4.78 is 0. The van der Waals surface area contributed by atoms with Crippen LogP contribution in [0.5, 0.6) is 0 Å². The Bertz CT molecular complexity index is 683. The van der Waals surface area contributed by atoms with Crippen molar-refractivity contribution >= 4 is 39.6 Å². The smallest absolute Gasteiger partial charge is 0.264 e. The lowest BCUT2D eigenvalue weighted by Crippen LogP contribution is -2.49. The summed E-state index contributed by atoms with van der Waals surface area (Å²) in [7, 11) is 0. The maximum absolute atomic E-state index is 12.6. The fraction of sp³-hybridized carbons (Fsp3) is 0.467. The molecule has 2 aromatic heterocycles. The van der Waals surface area contributed by atoms with Crippen LogP contribution in [-0.2, 0) is 11.2 Å². The Hall–Kier alpha value is -1.80. The van der Waals surface area contributed by atoms with Crippen LogP contribution in [0.25, 0.3) is 0 Å². The number of carbonyl (C=O) groups is 2. The first-order chi connectivity index (χ1) is 11.2. The molecule has 0 aromatic carbocycles. The second-order valence-electron chi connectivity index (χ2n) is 5.33. The molecule has 0 aliphatic carbocycles. The van der Waals surface area contributed by atoms with E-state index in [0.717, 1.165) is 24.3 Å². The van der Waals surface area contributed by atoms with Crippen LogP contribution in [0.4, 0.5) is 5.13 Å². The molecule has 2 amide bonds. The maximum Gasteiger partial charge on any atom is 0.264 e. The summed E-state index contributed by atoms with van der Waals surface area (Å²) in [4.78, 5) is 27.6. The number of piperidine rings is 1. The van der Waals surface area contributed by atoms with E-state index < -0.39 is 6.04 Å². The van der Waals surface area contributed by atoms with Gasteiger partial charge in [0.2, 0.25) is 11.0 Å². The number of amides is 2. The number of carbonyl (C=O) groups excluding carboxylic acids is 2. The zero-order chi connectivity index (χ0) is 16.2. The lowest BCUT2D eigenvalue weighted by Gasteiger charge is -2.34. The van der Waals surface area contributed by atoms with Gasteiger partial charge in [-0.3, -0.25) is 14.9 Å². The van der Waals surface area contributed by atoms with Crippen LogP contribution in [0.1, 0.15) is 40.9 Å². The van der Waals surface area contributed by atoms with E-state index in [1.807, 2.05) is 18.4 Å². The predicted molar refractivity (Wildman–Crippen MR) is 90.9 cm³/mol. The van der Waals surface area contributed by atoms with E-state index in [2.05, 4.69) is 15.5 Å². The summed E-state index contributed by atoms with van der Waals surface area (Å²) >= 11 is 2.78. The highest BCUT2D eigenvalue weighted by atomic mass is 32.1. The second kappa shape index (κ2) is 7.18. The highest BCUT2D eigenvalue weighted by molar-refractivity contribution is 7.15. The summed E-state index contributed by atoms with van der Waals surface area (Å²) in [5, 5.41) is 14.1. The normalized spacial score (nSPS) is 18.0. The fourth-order valence-electron chi connectivity index (χ4n) is 2.62. The molecule has 6 nitrogen and oxygen atoms in total. The van der Waals surface area contributed by atoms with Crippen LogP contribution in [0, 0.1) is 0 Å². The maximum atomic E-state index is 12.6. The summed E-state index contributed by atoms with van der Waals surface area (Å²) in [6.45, 7) is 2.61. The van der Waals surface area contributed by atoms with Crippen molar-refractivity contribution in [2.24, 2.45) is 0 Å². The number of likely N-dealkylation sites (tertiary alicyclic amines) is 1. The minimum Gasteiger partial charge on any atom is -0.326 e. The van der Waals surface area contributed by atoms with Gasteiger partial charge in [-0.25, -0.2) is 0 Å². The molecule has 122 valence electrons. The van der Waals surface area contributed by atoms with Crippen LogP contribution in [-0.4, -0.2) is 39.5 Å². The van der Waals surface area contributed by atoms with E-state index in [1.54, 1.807) is 11.0 Å². The molecule has 0 saturated carbocycles. The van der Waals surface area contributed by atoms with Gasteiger partial charge >= 0.3 is 0 Å². The van der Waals surface area contributed by atoms with Crippen molar-refractivity contribution in [2.45, 2.75) is 38.6 Å². The van der Waals surface area contributed by atoms with Gasteiger partial charge in [-0.1, -0.05) is 24.3 Å². The summed E-state index contributed by atoms with van der Waals surface area (Å²) in [6, 6.07) is 3.21. The van der Waals surface area contributed by atoms with Gasteiger partial charge in [0.15, 0.2) is 0 Å². The molecule has 1 saturated heterocycles. The predicted octanol–water partition coefficient (Wildman–Crippen LogP) is 2.80. The lowest BCUT2D eigenvalue weighted by molar-refractivity contribution is -0.121. The average Bonchev–Trinajstić information content (AvgIpc) is 3.25. The average molecular weight is 350 g/mol. The van der Waals surface area contributed by atoms with Crippen LogP contribution >= 0.6 is 22.7 Å². The van der Waals surface area contributed by atoms with E-state index in [4.69, 9.17) is 0 Å². The number of nitrogens with one attached hydrogen (secondary N) is 1. The molecule has 1 atom stereocenters. The molecular weight excluding hydrogens is 332 g/mol. The first kappa shape index (κ1) is 16.1. The van der Waals surface area contributed by atoms with Gasteiger partial charge in [-0.05, 0) is 37.1 Å². The second-order valence-corrected chi connectivity index (χ2v) is 7.34. The van der Waals surface area contributed by atoms with Crippen molar-refractivity contribution in [3.63, 3.8) is 0 Å². The van der Waals surface area contributed by atoms with Crippen LogP contribution < -0.4 is 5.32 Å². The van der Waals surface area contributed by atoms with E-state index in [9.17, 15) is 9.59 Å². The fourth-order valence-corrected chi connectivity index (χ4v) is 3.99. The third-order valence-corrected chi connectivity index (χ3v) is 5.64. The van der Waals surface area contributed by atoms with Gasteiger partial charge in [0.1, 0.15) is 11.0 Å². The number of nitrogens with zero attached hydrogens (tertiary/aromatic N) is 3. The standard InChI is InChI=1S/C15H18N4O2S2/c1-2-12-17-18-15(23-12)16-13(20)10-6-3-4-8-19(10)14(21)11-7-5-9-22-11/h5,7,9-10H,2-4,6,8H2,1H3,(H,16,18,20). The van der Waals surface area contributed by atoms with E-state index in [1.165, 1.54) is 22.7 Å². The molecule has 1 fully saturated rings. The Labute approximate surface area is 142 Å². The van der Waals surface area contributed by atoms with Crippen molar-refractivity contribution in [3.05, 3.63) is 27.4 Å². The zero-order valence-electron chi connectivity index (χ0n) is 12.8. The minimum absolute atomic E-state index is 0.0636. The monoisotopic (exact) mass is 350 g/mol. The number of hydrogen-bond acceptors (Lipinski definition) is 6. The van der Waals surface area contributed by atoms with Gasteiger partial charge in [0, 0.05) is 6.54 Å². The summed E-state index contributed by atoms with van der Waals surface area (Å²) in [5.74, 6) is -0.236. The first-order valence-corrected chi connectivity index (χ1v) is 9.36. The van der Waals surface area contributed by atoms with Gasteiger partial charge < -0.3 is 4.90 Å². The van der Waals surface area contributed by atoms with Gasteiger partial charge in [-0.2, -0.15) is 0 Å². The summed E-state index contributed by atoms with van der Waals surface area (Å²) in [6.07, 6.45) is 3.35. The molecule has 1 N–H and O–H groups in total. The van der Waals surface area contributed by atoms with Crippen LogP contribution in [0.15, 0.2) is 17.5 Å². The van der Waals surface area contributed by atoms with Gasteiger partial charge in [0.25, 0.3) is 5.91 Å². The van der Waals surface area contributed by atoms with Crippen molar-refractivity contribution in [3.8, 4) is 0 Å². The molecule has 1 aliphatic heterocycles. The molecule has 3 rings (SSSR count). The molecular formula is C15H18N4O2S2. The largest absolute Gasteiger partial charge is 0.326 e. The SMILES string of the molecule is CCc1nnc(NC(=O)C2CCCCN2C(=O)c2cccs2)s1. The Morgan fingerprint density at radius 3 is 2.96 bits per heavy atom. The van der Waals surface area contributed by atoms with E-state index in [-0.39, 0.29) is 11.8 Å². The van der Waals surface area contributed by atoms with Gasteiger partial charge in [0.05, 0.1) is 4.88 Å². The Balaban J connectivity index is 1.72. The molecule has 8 heteroatoms. The van der Waals surface area contributed by atoms with Crippen LogP contribution in [0.2, 0.25) is 0 Å². The molecule has 1 unspecified atom stereocenters. The highest BCUT2D eigenvalue weighted by Gasteiger charge is 2.33. The molecule has 0 bridgehead atoms. The Morgan fingerprint density at radius 2 is 2.26 bits per heavy atom. The Kier molecular flexibility index (Phi) is 5.02. The molecule has 0 spiro atoms. The number of aryl methyl sites for hydroxylation is 1. The minimum atomic E-state index is -0.438. The molecule has 23 heavy (non-hydrogen) atoms. The van der Waals surface area contributed by atoms with Gasteiger partial charge in [-0.15, -0.1) is 21.5 Å². The molecule has 1 aliphatic rings. The highest BCUT2D eigenvalue weighted by Crippen LogP contribution is 2.23. The van der Waals surface area contributed by atoms with Crippen LogP contribution in [0.3, 0.4) is 0 Å². The van der Waals surface area contributed by atoms with Crippen molar-refractivity contribution in [1.29, 1.82) is 0 Å². The Morgan fingerprint density at radius 1 is 1.39 bits per heavy atom. The topological polar surface area (TPSA) is 75.2 Å². The first-order valence-electron chi connectivity index (χ1n) is 7.66. The van der Waals surface area contributed by atoms with E-state index in [0.29, 0.717) is 23.0 Å². The molecule has 0 radical (unpaired) electrons. The number of aromatic nitrogens is 2. The van der Waals surface area contributed by atoms with Crippen molar-refractivity contribution in [1.82, 2.24) is 15.1 Å². The van der Waals surface area contributed by atoms with Crippen molar-refractivity contribution < 1.29 is 9.59 Å². The quantitative estimate of drug-likeness (QED) is 0.920. The number of thiophene rings is 1. The van der Waals surface area contributed by atoms with E-state index >= 15 is 0 Å². The molecule has 3 heterocycles. The number of anilines is 1. The molecule has 2 aromatic rings. The third-order valence-electron chi connectivity index (χ3n) is 3.80. The lowest BCUT2D eigenvalue weighted by atomic mass is 10.0. The number of rotatable bonds is 4. The third kappa shape index (κ3) is 3.59. The van der Waals surface area contributed by atoms with Crippen molar-refractivity contribution in [2.75, 3.05) is 11.9 Å².